The predicted octanol–water partition coefficient (Wildman–Crippen LogP) is -1.69. The van der Waals surface area contributed by atoms with Gasteiger partial charge in [-0.3, -0.25) is 52.7 Å². The third-order valence-corrected chi connectivity index (χ3v) is 21.3. The maximum Gasteiger partial charge on any atom is 0.305 e. The van der Waals surface area contributed by atoms with Crippen LogP contribution in [0, 0.1) is 23.7 Å². The number of thioether (sulfide) groups is 2. The molecule has 7 aliphatic rings. The van der Waals surface area contributed by atoms with Crippen molar-refractivity contribution in [3.63, 3.8) is 0 Å². The van der Waals surface area contributed by atoms with Crippen molar-refractivity contribution in [2.45, 2.75) is 200 Å². The molecule has 2 bridgehead atoms. The van der Waals surface area contributed by atoms with Crippen molar-refractivity contribution in [2.75, 3.05) is 57.4 Å². The standard InChI is InChI=1S/C62H95F2N15O12S2/c1-33-62(91)79-16-5-9-51(79)61(90)78-50(55(66)84)31-93-30-35-7-4-6-34(18-35)29-92-17-14-52(80)73-45(8-2-3-15-65)56(85)70-28-53(81)74-46(19-36-25-68-43-12-10-38(63)21-41(36)43)58(87)75-47(20-37-26-69-44-13-11-39(64)22-42(37)44)59(88)77-49(24-54(82)83)60(89)76-48(57(86)72-33)23-40-27-67-32-71-40/h4,6-7,18,33,36-51,67-69,71H,2-3,5,8-17,19-32,65H2,1H3,(H2,66,84)(H,70,85)(H,72,86)(H,73,80)(H,74,81)(H,75,87)(H,76,89)(H,77,88)(H,78,90)(H,82,83)/t33-,36?,37?,38?,39?,40?,41?,42?,43?,44?,45-,46-,47-,48-,49-,50-,51-/m0/s1. The van der Waals surface area contributed by atoms with Crippen LogP contribution in [0.25, 0.3) is 0 Å². The lowest BCUT2D eigenvalue weighted by Crippen LogP contribution is -2.61. The summed E-state index contributed by atoms with van der Waals surface area (Å²) in [6.45, 7) is 2.66. The lowest BCUT2D eigenvalue weighted by molar-refractivity contribution is -0.142. The number of unbranched alkanes of at least 4 members (excludes halogenated alkanes) is 1. The Morgan fingerprint density at radius 1 is 0.656 bits per heavy atom. The summed E-state index contributed by atoms with van der Waals surface area (Å²) >= 11 is 2.86. The van der Waals surface area contributed by atoms with Gasteiger partial charge in [0, 0.05) is 67.3 Å². The number of aliphatic carboxylic acids is 1. The Labute approximate surface area is 549 Å². The van der Waals surface area contributed by atoms with Crippen molar-refractivity contribution >= 4 is 88.6 Å². The van der Waals surface area contributed by atoms with E-state index in [1.165, 1.54) is 35.3 Å². The van der Waals surface area contributed by atoms with E-state index in [-0.39, 0.29) is 93.5 Å². The van der Waals surface area contributed by atoms with Gasteiger partial charge in [-0.25, -0.2) is 8.78 Å². The number of nitrogens with two attached hydrogens (primary N) is 2. The predicted molar refractivity (Wildman–Crippen MR) is 343 cm³/mol. The van der Waals surface area contributed by atoms with Crippen molar-refractivity contribution in [3.8, 4) is 0 Å². The molecule has 6 fully saturated rings. The molecule has 93 heavy (non-hydrogen) atoms. The van der Waals surface area contributed by atoms with E-state index in [4.69, 9.17) is 11.5 Å². The smallest absolute Gasteiger partial charge is 0.305 e. The highest BCUT2D eigenvalue weighted by atomic mass is 32.2. The Hall–Kier alpha value is -6.25. The largest absolute Gasteiger partial charge is 0.481 e. The van der Waals surface area contributed by atoms with Crippen LogP contribution in [-0.2, 0) is 64.2 Å². The fourth-order valence-corrected chi connectivity index (χ4v) is 16.1. The van der Waals surface area contributed by atoms with Crippen LogP contribution in [0.2, 0.25) is 0 Å². The number of hydrogen-bond acceptors (Lipinski definition) is 18. The van der Waals surface area contributed by atoms with Crippen molar-refractivity contribution in [3.05, 3.63) is 35.4 Å². The first kappa shape index (κ1) is 72.6. The minimum absolute atomic E-state index is 0.0331. The maximum absolute atomic E-state index is 15.2. The molecular formula is C62H95F2N15O12S2. The summed E-state index contributed by atoms with van der Waals surface area (Å²) in [5.74, 6) is -9.00. The summed E-state index contributed by atoms with van der Waals surface area (Å²) in [5, 5.41) is 44.9. The van der Waals surface area contributed by atoms with Gasteiger partial charge < -0.3 is 85.3 Å². The highest BCUT2D eigenvalue weighted by Gasteiger charge is 2.46. The Morgan fingerprint density at radius 2 is 1.25 bits per heavy atom. The number of halogens is 2. The number of primary amides is 1. The number of benzene rings is 1. The van der Waals surface area contributed by atoms with Gasteiger partial charge in [-0.2, -0.15) is 23.5 Å². The van der Waals surface area contributed by atoms with Crippen LogP contribution in [0.5, 0.6) is 0 Å². The summed E-state index contributed by atoms with van der Waals surface area (Å²) < 4.78 is 30.2. The van der Waals surface area contributed by atoms with E-state index in [0.717, 1.165) is 11.1 Å². The molecule has 1 aromatic rings. The van der Waals surface area contributed by atoms with Gasteiger partial charge in [0.05, 0.1) is 13.0 Å². The average Bonchev–Trinajstić information content (AvgIpc) is 1.79. The Bertz CT molecular complexity index is 2810. The molecule has 2 aliphatic carbocycles. The molecule has 516 valence electrons. The second kappa shape index (κ2) is 35.5. The second-order valence-electron chi connectivity index (χ2n) is 26.0. The molecule has 8 rings (SSSR count). The molecule has 2 saturated carbocycles. The molecular weight excluding hydrogens is 1250 g/mol. The number of fused-ring (bicyclic) bond motifs is 5. The molecule has 5 heterocycles. The van der Waals surface area contributed by atoms with E-state index in [1.54, 1.807) is 0 Å². The lowest BCUT2D eigenvalue weighted by atomic mass is 9.76. The number of amides is 10. The quantitative estimate of drug-likeness (QED) is 0.0980. The normalized spacial score (nSPS) is 34.0. The number of carbonyl (C=O) groups is 11. The fraction of sp³-hybridized carbons (Fsp3) is 0.726. The number of nitrogens with one attached hydrogen (secondary N) is 12. The van der Waals surface area contributed by atoms with Crippen LogP contribution in [0.4, 0.5) is 8.78 Å². The summed E-state index contributed by atoms with van der Waals surface area (Å²) in [7, 11) is 0. The highest BCUT2D eigenvalue weighted by molar-refractivity contribution is 7.98. The zero-order chi connectivity index (χ0) is 66.7. The number of hydrogen-bond donors (Lipinski definition) is 15. The second-order valence-corrected chi connectivity index (χ2v) is 28.1. The van der Waals surface area contributed by atoms with Crippen LogP contribution in [0.3, 0.4) is 0 Å². The molecule has 5 aliphatic heterocycles. The summed E-state index contributed by atoms with van der Waals surface area (Å²) in [5.41, 5.74) is 13.5. The van der Waals surface area contributed by atoms with E-state index in [2.05, 4.69) is 63.8 Å². The first-order valence-corrected chi connectivity index (χ1v) is 35.3. The van der Waals surface area contributed by atoms with Crippen LogP contribution < -0.4 is 75.3 Å². The number of carboxylic acid groups (broad SMARTS) is 1. The van der Waals surface area contributed by atoms with Gasteiger partial charge in [0.25, 0.3) is 0 Å². The Balaban J connectivity index is 1.07. The van der Waals surface area contributed by atoms with Gasteiger partial charge in [0.15, 0.2) is 0 Å². The first-order valence-electron chi connectivity index (χ1n) is 32.9. The molecule has 10 amide bonds. The number of nitrogens with zero attached hydrogens (tertiary/aromatic N) is 1. The molecule has 0 spiro atoms. The summed E-state index contributed by atoms with van der Waals surface area (Å²) in [6, 6.07) is -3.54. The van der Waals surface area contributed by atoms with Crippen LogP contribution in [-0.4, -0.2) is 211 Å². The molecule has 17 atom stereocenters. The van der Waals surface area contributed by atoms with Crippen LogP contribution in [0.1, 0.15) is 121 Å². The van der Waals surface area contributed by atoms with Gasteiger partial charge in [-0.15, -0.1) is 0 Å². The Kier molecular flexibility index (Phi) is 27.7. The molecule has 17 N–H and O–H groups in total. The molecule has 9 unspecified atom stereocenters. The van der Waals surface area contributed by atoms with Gasteiger partial charge in [0.1, 0.15) is 60.7 Å². The molecule has 0 radical (unpaired) electrons. The SMILES string of the molecule is C[C@@H]1NC(=O)[C@H](CC2CNCN2)NC(=O)[C@H](CC(=O)O)NC(=O)[C@H](CC2CNC3CCC(F)CC23)NC(=O)[C@H](CC2CNC3CCC(F)CC23)NC(=O)CNC(=O)[C@H](CCCCN)NC(=O)CCSCc2cccc(c2)CSC[C@@H](C(N)=O)NC(=O)[C@@H]2CCCN2C1=O. The van der Waals surface area contributed by atoms with E-state index < -0.39 is 151 Å². The number of carbonyl (C=O) groups excluding carboxylic acids is 10. The Morgan fingerprint density at radius 3 is 1.86 bits per heavy atom. The summed E-state index contributed by atoms with van der Waals surface area (Å²) in [6.07, 6.45) is 0.626. The number of alkyl halides is 2. The molecule has 0 aromatic heterocycles. The van der Waals surface area contributed by atoms with Gasteiger partial charge in [-0.05, 0) is 151 Å². The number of carboxylic acids is 1. The average molecular weight is 1340 g/mol. The number of rotatable bonds is 13. The van der Waals surface area contributed by atoms with Crippen LogP contribution in [0.15, 0.2) is 24.3 Å². The van der Waals surface area contributed by atoms with Crippen molar-refractivity contribution in [1.82, 2.24) is 68.7 Å². The molecule has 27 nitrogen and oxygen atoms in total. The van der Waals surface area contributed by atoms with Crippen molar-refractivity contribution in [1.29, 1.82) is 0 Å². The highest BCUT2D eigenvalue weighted by Crippen LogP contribution is 2.40. The monoisotopic (exact) mass is 1340 g/mol. The molecule has 4 saturated heterocycles. The minimum Gasteiger partial charge on any atom is -0.481 e. The van der Waals surface area contributed by atoms with E-state index >= 15 is 13.6 Å². The van der Waals surface area contributed by atoms with E-state index in [9.17, 15) is 53.1 Å². The van der Waals surface area contributed by atoms with Crippen LogP contribution >= 0.6 is 23.5 Å². The third-order valence-electron chi connectivity index (χ3n) is 19.1. The minimum atomic E-state index is -1.87. The van der Waals surface area contributed by atoms with E-state index in [1.807, 2.05) is 24.3 Å². The third kappa shape index (κ3) is 21.4. The van der Waals surface area contributed by atoms with Gasteiger partial charge in [-0.1, -0.05) is 24.3 Å². The lowest BCUT2D eigenvalue weighted by Gasteiger charge is -2.33. The van der Waals surface area contributed by atoms with Crippen molar-refractivity contribution < 1.29 is 66.6 Å². The van der Waals surface area contributed by atoms with Gasteiger partial charge >= 0.3 is 5.97 Å². The zero-order valence-corrected chi connectivity index (χ0v) is 54.5. The van der Waals surface area contributed by atoms with Gasteiger partial charge in [0.2, 0.25) is 59.1 Å². The topological polar surface area (TPSA) is 408 Å². The molecule has 1 aromatic carbocycles. The fourth-order valence-electron chi connectivity index (χ4n) is 14.2. The van der Waals surface area contributed by atoms with Crippen molar-refractivity contribution in [2.24, 2.45) is 35.1 Å². The molecule has 31 heteroatoms. The maximum atomic E-state index is 15.2. The zero-order valence-electron chi connectivity index (χ0n) is 52.8. The first-order chi connectivity index (χ1) is 44.6. The summed E-state index contributed by atoms with van der Waals surface area (Å²) in [4.78, 5) is 155. The van der Waals surface area contributed by atoms with E-state index in [0.29, 0.717) is 95.1 Å².